The number of anilines is 1. The third-order valence-corrected chi connectivity index (χ3v) is 9.64. The van der Waals surface area contributed by atoms with E-state index in [1.807, 2.05) is 11.4 Å². The number of carbonyl (C=O) groups excluding carboxylic acids is 1. The van der Waals surface area contributed by atoms with Crippen molar-refractivity contribution < 1.29 is 4.79 Å². The third-order valence-electron chi connectivity index (χ3n) is 8.33. The van der Waals surface area contributed by atoms with E-state index in [1.165, 1.54) is 43.4 Å². The van der Waals surface area contributed by atoms with Crippen LogP contribution >= 0.6 is 34.5 Å². The van der Waals surface area contributed by atoms with E-state index in [1.54, 1.807) is 12.1 Å². The number of rotatable bonds is 5. The minimum atomic E-state index is 0.00109. The molecule has 1 aromatic heterocycles. The highest BCUT2D eigenvalue weighted by Crippen LogP contribution is 2.55. The summed E-state index contributed by atoms with van der Waals surface area (Å²) in [6.07, 6.45) is 7.39. The Labute approximate surface area is 209 Å². The fourth-order valence-electron chi connectivity index (χ4n) is 7.23. The molecule has 7 rings (SSSR count). The lowest BCUT2D eigenvalue weighted by Gasteiger charge is -2.58. The molecule has 33 heavy (non-hydrogen) atoms. The molecule has 0 unspecified atom stereocenters. The van der Waals surface area contributed by atoms with Crippen LogP contribution in [0.2, 0.25) is 10.0 Å². The van der Waals surface area contributed by atoms with Crippen molar-refractivity contribution in [3.8, 4) is 11.3 Å². The van der Waals surface area contributed by atoms with Crippen molar-refractivity contribution in [2.75, 3.05) is 38.0 Å². The molecule has 2 heterocycles. The van der Waals surface area contributed by atoms with E-state index in [2.05, 4.69) is 20.1 Å². The molecular formula is C25H30Cl2N4OS. The molecule has 0 atom stereocenters. The van der Waals surface area contributed by atoms with Gasteiger partial charge in [-0.15, -0.1) is 11.3 Å². The van der Waals surface area contributed by atoms with Crippen LogP contribution in [-0.4, -0.2) is 59.5 Å². The van der Waals surface area contributed by atoms with Gasteiger partial charge in [-0.1, -0.05) is 23.2 Å². The molecule has 0 spiro atoms. The van der Waals surface area contributed by atoms with Gasteiger partial charge in [0.15, 0.2) is 5.13 Å². The molecule has 0 radical (unpaired) electrons. The number of aromatic nitrogens is 1. The van der Waals surface area contributed by atoms with Crippen LogP contribution in [0.25, 0.3) is 11.3 Å². The van der Waals surface area contributed by atoms with Crippen molar-refractivity contribution in [3.05, 3.63) is 33.6 Å². The summed E-state index contributed by atoms with van der Waals surface area (Å²) in [5, 5.41) is 6.64. The van der Waals surface area contributed by atoms with E-state index < -0.39 is 0 Å². The van der Waals surface area contributed by atoms with Crippen LogP contribution < -0.4 is 5.32 Å². The van der Waals surface area contributed by atoms with Crippen LogP contribution in [0, 0.1) is 23.7 Å². The summed E-state index contributed by atoms with van der Waals surface area (Å²) < 4.78 is 0. The third kappa shape index (κ3) is 4.57. The number of benzene rings is 1. The lowest BCUT2D eigenvalue weighted by atomic mass is 9.54. The van der Waals surface area contributed by atoms with Crippen LogP contribution in [0.5, 0.6) is 0 Å². The molecule has 4 bridgehead atoms. The molecule has 4 aliphatic carbocycles. The summed E-state index contributed by atoms with van der Waals surface area (Å²) >= 11 is 13.7. The predicted molar refractivity (Wildman–Crippen MR) is 135 cm³/mol. The maximum absolute atomic E-state index is 12.7. The summed E-state index contributed by atoms with van der Waals surface area (Å²) in [5.74, 6) is 3.92. The summed E-state index contributed by atoms with van der Waals surface area (Å²) in [6, 6.07) is 6.17. The first-order valence-electron chi connectivity index (χ1n) is 12.2. The van der Waals surface area contributed by atoms with Gasteiger partial charge in [-0.05, 0) is 74.0 Å². The molecule has 1 saturated heterocycles. The van der Waals surface area contributed by atoms with Crippen LogP contribution in [0.4, 0.5) is 5.13 Å². The summed E-state index contributed by atoms with van der Waals surface area (Å²) in [5.41, 5.74) is 1.57. The number of amides is 1. The smallest absolute Gasteiger partial charge is 0.240 e. The monoisotopic (exact) mass is 504 g/mol. The topological polar surface area (TPSA) is 48.5 Å². The molecular weight excluding hydrogens is 475 g/mol. The molecule has 1 aliphatic heterocycles. The Hall–Kier alpha value is -1.18. The Morgan fingerprint density at radius 1 is 1.03 bits per heavy atom. The first kappa shape index (κ1) is 22.3. The van der Waals surface area contributed by atoms with Gasteiger partial charge in [0.2, 0.25) is 5.91 Å². The van der Waals surface area contributed by atoms with Gasteiger partial charge in [-0.3, -0.25) is 14.6 Å². The number of nitrogens with one attached hydrogen (secondary N) is 1. The summed E-state index contributed by atoms with van der Waals surface area (Å²) in [4.78, 5) is 22.3. The fourth-order valence-corrected chi connectivity index (χ4v) is 8.46. The molecule has 176 valence electrons. The van der Waals surface area contributed by atoms with Gasteiger partial charge in [-0.25, -0.2) is 4.98 Å². The fraction of sp³-hybridized carbons (Fsp3) is 0.600. The number of hydrogen-bond donors (Lipinski definition) is 1. The van der Waals surface area contributed by atoms with Crippen LogP contribution in [0.15, 0.2) is 23.6 Å². The standard InChI is InChI=1S/C25H30Cl2N4OS/c26-19-1-2-20(21(27)12-19)22-14-33-25(28-22)29-23(32)13-30-3-5-31(6-4-30)24-17-8-15-7-16(10-17)11-18(24)9-15/h1-2,12,14-18,24H,3-11,13H2,(H,28,29,32). The Bertz CT molecular complexity index is 1010. The molecule has 1 aromatic carbocycles. The molecule has 5 fully saturated rings. The lowest BCUT2D eigenvalue weighted by molar-refractivity contribution is -0.118. The van der Waals surface area contributed by atoms with Gasteiger partial charge in [0.25, 0.3) is 0 Å². The maximum Gasteiger partial charge on any atom is 0.240 e. The van der Waals surface area contributed by atoms with Crippen molar-refractivity contribution in [2.24, 2.45) is 23.7 Å². The normalized spacial score (nSPS) is 31.8. The van der Waals surface area contributed by atoms with Gasteiger partial charge in [0, 0.05) is 48.2 Å². The van der Waals surface area contributed by atoms with Crippen molar-refractivity contribution in [1.82, 2.24) is 14.8 Å². The van der Waals surface area contributed by atoms with Gasteiger partial charge in [0.1, 0.15) is 0 Å². The first-order valence-corrected chi connectivity index (χ1v) is 13.8. The Morgan fingerprint density at radius 2 is 1.73 bits per heavy atom. The van der Waals surface area contributed by atoms with E-state index >= 15 is 0 Å². The second kappa shape index (κ2) is 9.12. The molecule has 8 heteroatoms. The Balaban J connectivity index is 1.01. The number of carbonyl (C=O) groups is 1. The number of nitrogens with zero attached hydrogens (tertiary/aromatic N) is 3. The zero-order valence-corrected chi connectivity index (χ0v) is 21.0. The van der Waals surface area contributed by atoms with Crippen molar-refractivity contribution >= 4 is 45.6 Å². The zero-order chi connectivity index (χ0) is 22.5. The van der Waals surface area contributed by atoms with Crippen LogP contribution in [-0.2, 0) is 4.79 Å². The number of piperazine rings is 1. The van der Waals surface area contributed by atoms with Gasteiger partial charge >= 0.3 is 0 Å². The maximum atomic E-state index is 12.7. The Morgan fingerprint density at radius 3 is 2.39 bits per heavy atom. The van der Waals surface area contributed by atoms with Crippen molar-refractivity contribution in [3.63, 3.8) is 0 Å². The van der Waals surface area contributed by atoms with Crippen LogP contribution in [0.1, 0.15) is 32.1 Å². The Kier molecular flexibility index (Phi) is 6.16. The molecule has 5 aliphatic rings. The number of halogens is 2. The highest BCUT2D eigenvalue weighted by molar-refractivity contribution is 7.14. The molecule has 1 amide bonds. The van der Waals surface area contributed by atoms with E-state index in [0.717, 1.165) is 67.1 Å². The van der Waals surface area contributed by atoms with Crippen molar-refractivity contribution in [1.29, 1.82) is 0 Å². The second-order valence-electron chi connectivity index (χ2n) is 10.4. The molecule has 4 saturated carbocycles. The minimum absolute atomic E-state index is 0.00109. The summed E-state index contributed by atoms with van der Waals surface area (Å²) in [7, 11) is 0. The van der Waals surface area contributed by atoms with Crippen molar-refractivity contribution in [2.45, 2.75) is 38.1 Å². The molecule has 2 aromatic rings. The average molecular weight is 506 g/mol. The summed E-state index contributed by atoms with van der Waals surface area (Å²) in [6.45, 7) is 4.55. The van der Waals surface area contributed by atoms with E-state index in [4.69, 9.17) is 23.2 Å². The quantitative estimate of drug-likeness (QED) is 0.583. The van der Waals surface area contributed by atoms with Gasteiger partial charge in [-0.2, -0.15) is 0 Å². The zero-order valence-electron chi connectivity index (χ0n) is 18.7. The first-order chi connectivity index (χ1) is 16.0. The average Bonchev–Trinajstić information content (AvgIpc) is 3.22. The highest BCUT2D eigenvalue weighted by atomic mass is 35.5. The van der Waals surface area contributed by atoms with E-state index in [9.17, 15) is 4.79 Å². The van der Waals surface area contributed by atoms with Gasteiger partial charge in [0.05, 0.1) is 17.3 Å². The SMILES string of the molecule is O=C(CN1CCN(C2C3CC4CC(C3)CC2C4)CC1)Nc1nc(-c2ccc(Cl)cc2Cl)cs1. The lowest BCUT2D eigenvalue weighted by Crippen LogP contribution is -2.60. The molecule has 1 N–H and O–H groups in total. The highest BCUT2D eigenvalue weighted by Gasteiger charge is 2.50. The minimum Gasteiger partial charge on any atom is -0.301 e. The van der Waals surface area contributed by atoms with Crippen LogP contribution in [0.3, 0.4) is 0 Å². The van der Waals surface area contributed by atoms with E-state index in [-0.39, 0.29) is 5.91 Å². The van der Waals surface area contributed by atoms with E-state index in [0.29, 0.717) is 21.7 Å². The van der Waals surface area contributed by atoms with Gasteiger partial charge < -0.3 is 5.32 Å². The predicted octanol–water partition coefficient (Wildman–Crippen LogP) is 5.50. The number of hydrogen-bond acceptors (Lipinski definition) is 5. The second-order valence-corrected chi connectivity index (χ2v) is 12.1. The largest absolute Gasteiger partial charge is 0.301 e. The number of thiazole rings is 1. The molecule has 5 nitrogen and oxygen atoms in total.